The Balaban J connectivity index is 1.27. The van der Waals surface area contributed by atoms with Crippen LogP contribution in [0.5, 0.6) is 0 Å². The van der Waals surface area contributed by atoms with Gasteiger partial charge in [0.2, 0.25) is 5.95 Å². The molecule has 0 spiro atoms. The molecule has 1 saturated carbocycles. The van der Waals surface area contributed by atoms with Crippen LogP contribution in [0.2, 0.25) is 0 Å². The SMILES string of the molecule is Cc1nc(N2CCN(C(=O)c3cccnc3)CC2)nc2c1ccc(=O)n2-c1ccc(C(=O)NC2CC2)cc1. The summed E-state index contributed by atoms with van der Waals surface area (Å²) >= 11 is 0. The Bertz CT molecular complexity index is 1570. The summed E-state index contributed by atoms with van der Waals surface area (Å²) in [5.41, 5.74) is 2.79. The Labute approximate surface area is 219 Å². The highest BCUT2D eigenvalue weighted by Gasteiger charge is 2.25. The maximum absolute atomic E-state index is 13.0. The number of hydrogen-bond acceptors (Lipinski definition) is 7. The largest absolute Gasteiger partial charge is 0.349 e. The molecule has 4 aromatic rings. The number of aryl methyl sites for hydroxylation is 1. The van der Waals surface area contributed by atoms with Gasteiger partial charge in [-0.3, -0.25) is 23.9 Å². The lowest BCUT2D eigenvalue weighted by Gasteiger charge is -2.35. The highest BCUT2D eigenvalue weighted by Crippen LogP contribution is 2.23. The number of benzene rings is 1. The summed E-state index contributed by atoms with van der Waals surface area (Å²) in [6.45, 7) is 4.09. The molecule has 3 aromatic heterocycles. The molecule has 0 bridgehead atoms. The van der Waals surface area contributed by atoms with Gasteiger partial charge in [-0.15, -0.1) is 0 Å². The molecular weight excluding hydrogens is 482 g/mol. The first kappa shape index (κ1) is 23.8. The molecule has 192 valence electrons. The molecule has 10 nitrogen and oxygen atoms in total. The van der Waals surface area contributed by atoms with E-state index in [9.17, 15) is 14.4 Å². The summed E-state index contributed by atoms with van der Waals surface area (Å²) in [5, 5.41) is 3.75. The third-order valence-corrected chi connectivity index (χ3v) is 6.99. The zero-order chi connectivity index (χ0) is 26.2. The molecule has 0 unspecified atom stereocenters. The van der Waals surface area contributed by atoms with Gasteiger partial charge in [0.05, 0.1) is 16.9 Å². The van der Waals surface area contributed by atoms with Crippen LogP contribution < -0.4 is 15.8 Å². The van der Waals surface area contributed by atoms with Crippen molar-refractivity contribution in [2.45, 2.75) is 25.8 Å². The van der Waals surface area contributed by atoms with Crippen LogP contribution in [-0.2, 0) is 0 Å². The normalized spacial score (nSPS) is 15.5. The first-order valence-electron chi connectivity index (χ1n) is 12.7. The molecule has 38 heavy (non-hydrogen) atoms. The van der Waals surface area contributed by atoms with Crippen molar-refractivity contribution in [1.29, 1.82) is 0 Å². The van der Waals surface area contributed by atoms with E-state index in [4.69, 9.17) is 9.97 Å². The standard InChI is InChI=1S/C28H27N7O3/c1-18-23-10-11-24(36)35(22-8-4-19(5-9-22)26(37)31-21-6-7-21)25(23)32-28(30-18)34-15-13-33(14-16-34)27(38)20-3-2-12-29-17-20/h2-5,8-12,17,21H,6-7,13-16H2,1H3,(H,31,37). The molecule has 1 aliphatic carbocycles. The fraction of sp³-hybridized carbons (Fsp3) is 0.286. The number of rotatable bonds is 5. The summed E-state index contributed by atoms with van der Waals surface area (Å²) < 4.78 is 1.55. The van der Waals surface area contributed by atoms with E-state index in [1.165, 1.54) is 6.07 Å². The van der Waals surface area contributed by atoms with Gasteiger partial charge >= 0.3 is 0 Å². The number of pyridine rings is 2. The minimum absolute atomic E-state index is 0.0449. The predicted octanol–water partition coefficient (Wildman–Crippen LogP) is 2.34. The molecule has 1 aromatic carbocycles. The number of nitrogens with one attached hydrogen (secondary N) is 1. The summed E-state index contributed by atoms with van der Waals surface area (Å²) in [4.78, 5) is 55.6. The fourth-order valence-electron chi connectivity index (χ4n) is 4.68. The topological polar surface area (TPSA) is 113 Å². The van der Waals surface area contributed by atoms with E-state index in [0.29, 0.717) is 54.6 Å². The van der Waals surface area contributed by atoms with Gasteiger partial charge in [0.1, 0.15) is 0 Å². The predicted molar refractivity (Wildman–Crippen MR) is 143 cm³/mol. The smallest absolute Gasteiger partial charge is 0.256 e. The van der Waals surface area contributed by atoms with E-state index in [1.807, 2.05) is 11.8 Å². The number of nitrogens with zero attached hydrogens (tertiary/aromatic N) is 6. The Morgan fingerprint density at radius 2 is 1.68 bits per heavy atom. The van der Waals surface area contributed by atoms with E-state index in [0.717, 1.165) is 23.9 Å². The summed E-state index contributed by atoms with van der Waals surface area (Å²) in [6, 6.07) is 14.0. The van der Waals surface area contributed by atoms with Gasteiger partial charge in [0.25, 0.3) is 17.4 Å². The van der Waals surface area contributed by atoms with E-state index < -0.39 is 0 Å². The molecular formula is C28H27N7O3. The number of piperazine rings is 1. The van der Waals surface area contributed by atoms with Crippen molar-refractivity contribution >= 4 is 28.8 Å². The van der Waals surface area contributed by atoms with E-state index in [1.54, 1.807) is 64.3 Å². The van der Waals surface area contributed by atoms with Crippen LogP contribution in [0.3, 0.4) is 0 Å². The summed E-state index contributed by atoms with van der Waals surface area (Å²) in [7, 11) is 0. The van der Waals surface area contributed by atoms with Crippen molar-refractivity contribution in [2.24, 2.45) is 0 Å². The van der Waals surface area contributed by atoms with Gasteiger partial charge in [0.15, 0.2) is 5.65 Å². The minimum atomic E-state index is -0.219. The van der Waals surface area contributed by atoms with Crippen LogP contribution in [0.25, 0.3) is 16.7 Å². The number of hydrogen-bond donors (Lipinski definition) is 1. The molecule has 1 N–H and O–H groups in total. The Hall–Kier alpha value is -4.60. The van der Waals surface area contributed by atoms with Crippen molar-refractivity contribution in [3.63, 3.8) is 0 Å². The second-order valence-electron chi connectivity index (χ2n) is 9.67. The highest BCUT2D eigenvalue weighted by atomic mass is 16.2. The van der Waals surface area contributed by atoms with E-state index >= 15 is 0 Å². The molecule has 1 aliphatic heterocycles. The van der Waals surface area contributed by atoms with Crippen LogP contribution >= 0.6 is 0 Å². The quantitative estimate of drug-likeness (QED) is 0.439. The van der Waals surface area contributed by atoms with Gasteiger partial charge in [0, 0.05) is 61.6 Å². The second-order valence-corrected chi connectivity index (χ2v) is 9.67. The lowest BCUT2D eigenvalue weighted by Crippen LogP contribution is -2.49. The van der Waals surface area contributed by atoms with Gasteiger partial charge < -0.3 is 15.1 Å². The molecule has 10 heteroatoms. The second kappa shape index (κ2) is 9.70. The van der Waals surface area contributed by atoms with Crippen molar-refractivity contribution in [2.75, 3.05) is 31.1 Å². The average Bonchev–Trinajstić information content (AvgIpc) is 3.77. The van der Waals surface area contributed by atoms with E-state index in [-0.39, 0.29) is 23.4 Å². The number of amides is 2. The van der Waals surface area contributed by atoms with Crippen LogP contribution in [0, 0.1) is 6.92 Å². The Morgan fingerprint density at radius 1 is 0.921 bits per heavy atom. The number of aromatic nitrogens is 4. The van der Waals surface area contributed by atoms with Crippen molar-refractivity contribution < 1.29 is 9.59 Å². The van der Waals surface area contributed by atoms with Crippen molar-refractivity contribution in [3.05, 3.63) is 88.1 Å². The molecule has 4 heterocycles. The Morgan fingerprint density at radius 3 is 2.37 bits per heavy atom. The zero-order valence-electron chi connectivity index (χ0n) is 21.0. The maximum Gasteiger partial charge on any atom is 0.256 e. The molecule has 6 rings (SSSR count). The molecule has 0 atom stereocenters. The van der Waals surface area contributed by atoms with E-state index in [2.05, 4.69) is 10.3 Å². The van der Waals surface area contributed by atoms with Crippen molar-refractivity contribution in [3.8, 4) is 5.69 Å². The summed E-state index contributed by atoms with van der Waals surface area (Å²) in [5.74, 6) is 0.366. The van der Waals surface area contributed by atoms with Gasteiger partial charge in [-0.25, -0.2) is 4.98 Å². The van der Waals surface area contributed by atoms with Gasteiger partial charge in [-0.2, -0.15) is 4.98 Å². The summed E-state index contributed by atoms with van der Waals surface area (Å²) in [6.07, 6.45) is 5.27. The number of carbonyl (C=O) groups excluding carboxylic acids is 2. The molecule has 2 fully saturated rings. The van der Waals surface area contributed by atoms with Crippen LogP contribution in [0.15, 0.2) is 65.7 Å². The molecule has 2 amide bonds. The lowest BCUT2D eigenvalue weighted by atomic mass is 10.1. The monoisotopic (exact) mass is 509 g/mol. The lowest BCUT2D eigenvalue weighted by molar-refractivity contribution is 0.0745. The molecule has 2 aliphatic rings. The average molecular weight is 510 g/mol. The number of fused-ring (bicyclic) bond motifs is 1. The van der Waals surface area contributed by atoms with Crippen LogP contribution in [0.4, 0.5) is 5.95 Å². The van der Waals surface area contributed by atoms with Crippen LogP contribution in [0.1, 0.15) is 39.3 Å². The van der Waals surface area contributed by atoms with Gasteiger partial charge in [-0.1, -0.05) is 0 Å². The molecule has 1 saturated heterocycles. The van der Waals surface area contributed by atoms with Crippen molar-refractivity contribution in [1.82, 2.24) is 29.7 Å². The molecule has 0 radical (unpaired) electrons. The first-order chi connectivity index (χ1) is 18.5. The van der Waals surface area contributed by atoms with Crippen LogP contribution in [-0.4, -0.2) is 68.5 Å². The Kier molecular flexibility index (Phi) is 6.07. The first-order valence-corrected chi connectivity index (χ1v) is 12.7. The minimum Gasteiger partial charge on any atom is -0.349 e. The third-order valence-electron chi connectivity index (χ3n) is 6.99. The number of carbonyl (C=O) groups is 2. The number of anilines is 1. The third kappa shape index (κ3) is 4.60. The van der Waals surface area contributed by atoms with Gasteiger partial charge in [-0.05, 0) is 62.2 Å². The maximum atomic E-state index is 13.0. The fourth-order valence-corrected chi connectivity index (χ4v) is 4.68. The highest BCUT2D eigenvalue weighted by molar-refractivity contribution is 5.95. The zero-order valence-corrected chi connectivity index (χ0v) is 21.0.